The number of aromatic nitrogens is 1. The van der Waals surface area contributed by atoms with Gasteiger partial charge in [0.15, 0.2) is 11.6 Å². The summed E-state index contributed by atoms with van der Waals surface area (Å²) in [6.45, 7) is 1.81. The van der Waals surface area contributed by atoms with E-state index in [0.29, 0.717) is 5.69 Å². The molecule has 0 aliphatic heterocycles. The van der Waals surface area contributed by atoms with Crippen molar-refractivity contribution in [1.82, 2.24) is 4.98 Å². The lowest BCUT2D eigenvalue weighted by atomic mass is 10.2. The summed E-state index contributed by atoms with van der Waals surface area (Å²) in [6, 6.07) is 7.28. The van der Waals surface area contributed by atoms with E-state index in [2.05, 4.69) is 15.6 Å². The van der Waals surface area contributed by atoms with Crippen molar-refractivity contribution in [2.24, 2.45) is 11.5 Å². The molecule has 2 aromatic rings. The van der Waals surface area contributed by atoms with Crippen LogP contribution in [0.4, 0.5) is 30.5 Å². The minimum atomic E-state index is -2.55. The number of nitrogens with zero attached hydrogens (tertiary/aromatic N) is 1. The summed E-state index contributed by atoms with van der Waals surface area (Å²) in [7, 11) is 0. The van der Waals surface area contributed by atoms with Crippen molar-refractivity contribution < 1.29 is 18.0 Å². The van der Waals surface area contributed by atoms with Crippen molar-refractivity contribution in [3.8, 4) is 0 Å². The molecule has 1 amide bonds. The molecule has 0 fully saturated rings. The SMILES string of the molecule is Cc1ccc(Nc2nc(NCC(N)CC(F)F)c(F)cc2C(N)=O)cc1. The third-order valence-corrected chi connectivity index (χ3v) is 3.57. The number of carbonyl (C=O) groups is 1. The smallest absolute Gasteiger partial charge is 0.252 e. The summed E-state index contributed by atoms with van der Waals surface area (Å²) >= 11 is 0. The van der Waals surface area contributed by atoms with Gasteiger partial charge >= 0.3 is 0 Å². The molecule has 0 aliphatic carbocycles. The predicted molar refractivity (Wildman–Crippen MR) is 94.3 cm³/mol. The zero-order chi connectivity index (χ0) is 19.3. The van der Waals surface area contributed by atoms with Crippen LogP contribution in [0.25, 0.3) is 0 Å². The summed E-state index contributed by atoms with van der Waals surface area (Å²) in [5, 5.41) is 5.48. The van der Waals surface area contributed by atoms with Crippen LogP contribution in [-0.4, -0.2) is 29.9 Å². The molecule has 1 heterocycles. The highest BCUT2D eigenvalue weighted by Crippen LogP contribution is 2.24. The summed E-state index contributed by atoms with van der Waals surface area (Å²) in [5.41, 5.74) is 12.3. The fraction of sp³-hybridized carbons (Fsp3) is 0.294. The highest BCUT2D eigenvalue weighted by Gasteiger charge is 2.17. The Morgan fingerprint density at radius 2 is 1.88 bits per heavy atom. The number of nitrogens with two attached hydrogens (primary N) is 2. The Hall–Kier alpha value is -2.81. The van der Waals surface area contributed by atoms with E-state index < -0.39 is 30.6 Å². The Labute approximate surface area is 148 Å². The van der Waals surface area contributed by atoms with E-state index in [1.54, 1.807) is 12.1 Å². The highest BCUT2D eigenvalue weighted by atomic mass is 19.3. The van der Waals surface area contributed by atoms with Gasteiger partial charge in [0.1, 0.15) is 5.82 Å². The summed E-state index contributed by atoms with van der Waals surface area (Å²) in [5.74, 6) is -1.86. The lowest BCUT2D eigenvalue weighted by Gasteiger charge is -2.16. The topological polar surface area (TPSA) is 106 Å². The maximum absolute atomic E-state index is 14.1. The zero-order valence-electron chi connectivity index (χ0n) is 14.1. The first kappa shape index (κ1) is 19.5. The molecule has 6 nitrogen and oxygen atoms in total. The van der Waals surface area contributed by atoms with Crippen LogP contribution in [0, 0.1) is 12.7 Å². The number of carbonyl (C=O) groups excluding carboxylic acids is 1. The number of halogens is 3. The van der Waals surface area contributed by atoms with Gasteiger partial charge in [-0.05, 0) is 25.1 Å². The molecule has 0 saturated carbocycles. The number of primary amides is 1. The molecule has 0 bridgehead atoms. The first-order valence-corrected chi connectivity index (χ1v) is 7.88. The monoisotopic (exact) mass is 367 g/mol. The van der Waals surface area contributed by atoms with Crippen LogP contribution in [0.1, 0.15) is 22.3 Å². The number of aryl methyl sites for hydroxylation is 1. The van der Waals surface area contributed by atoms with Gasteiger partial charge in [-0.3, -0.25) is 4.79 Å². The van der Waals surface area contributed by atoms with E-state index in [-0.39, 0.29) is 23.7 Å². The van der Waals surface area contributed by atoms with Crippen LogP contribution in [-0.2, 0) is 0 Å². The quantitative estimate of drug-likeness (QED) is 0.574. The van der Waals surface area contributed by atoms with Gasteiger partial charge in [-0.1, -0.05) is 17.7 Å². The number of nitrogens with one attached hydrogen (secondary N) is 2. The van der Waals surface area contributed by atoms with Gasteiger partial charge in [-0.15, -0.1) is 0 Å². The number of pyridine rings is 1. The lowest BCUT2D eigenvalue weighted by Crippen LogP contribution is -2.31. The number of rotatable bonds is 8. The number of amides is 1. The van der Waals surface area contributed by atoms with Crippen LogP contribution in [0.3, 0.4) is 0 Å². The minimum absolute atomic E-state index is 0.0488. The summed E-state index contributed by atoms with van der Waals surface area (Å²) in [4.78, 5) is 15.6. The lowest BCUT2D eigenvalue weighted by molar-refractivity contribution is 0.1000. The Kier molecular flexibility index (Phi) is 6.40. The van der Waals surface area contributed by atoms with Gasteiger partial charge in [-0.25, -0.2) is 18.2 Å². The molecule has 1 atom stereocenters. The van der Waals surface area contributed by atoms with E-state index in [9.17, 15) is 18.0 Å². The second-order valence-electron chi connectivity index (χ2n) is 5.84. The van der Waals surface area contributed by atoms with Crippen molar-refractivity contribution in [2.45, 2.75) is 25.8 Å². The number of hydrogen-bond acceptors (Lipinski definition) is 5. The number of alkyl halides is 2. The molecule has 9 heteroatoms. The van der Waals surface area contributed by atoms with Crippen molar-refractivity contribution in [1.29, 1.82) is 0 Å². The molecule has 0 saturated heterocycles. The summed E-state index contributed by atoms with van der Waals surface area (Å²) in [6.07, 6.45) is -3.08. The Morgan fingerprint density at radius 3 is 2.46 bits per heavy atom. The molecule has 2 rings (SSSR count). The van der Waals surface area contributed by atoms with E-state index in [1.807, 2.05) is 19.1 Å². The van der Waals surface area contributed by atoms with Crippen LogP contribution in [0.15, 0.2) is 30.3 Å². The van der Waals surface area contributed by atoms with Gasteiger partial charge in [0.2, 0.25) is 6.43 Å². The van der Waals surface area contributed by atoms with Crippen LogP contribution in [0.2, 0.25) is 0 Å². The molecule has 1 aromatic heterocycles. The van der Waals surface area contributed by atoms with Crippen molar-refractivity contribution in [3.05, 3.63) is 47.3 Å². The van der Waals surface area contributed by atoms with Crippen LogP contribution in [0.5, 0.6) is 0 Å². The van der Waals surface area contributed by atoms with E-state index in [4.69, 9.17) is 11.5 Å². The average molecular weight is 367 g/mol. The summed E-state index contributed by atoms with van der Waals surface area (Å²) < 4.78 is 38.8. The van der Waals surface area contributed by atoms with Crippen LogP contribution >= 0.6 is 0 Å². The van der Waals surface area contributed by atoms with Gasteiger partial charge in [0.25, 0.3) is 5.91 Å². The molecular weight excluding hydrogens is 347 g/mol. The fourth-order valence-corrected chi connectivity index (χ4v) is 2.21. The number of hydrogen-bond donors (Lipinski definition) is 4. The maximum atomic E-state index is 14.1. The first-order valence-electron chi connectivity index (χ1n) is 7.88. The van der Waals surface area contributed by atoms with Crippen molar-refractivity contribution in [2.75, 3.05) is 17.2 Å². The van der Waals surface area contributed by atoms with E-state index in [1.165, 1.54) is 0 Å². The molecule has 0 aliphatic rings. The second kappa shape index (κ2) is 8.52. The Morgan fingerprint density at radius 1 is 1.23 bits per heavy atom. The predicted octanol–water partition coefficient (Wildman–Crippen LogP) is 2.77. The van der Waals surface area contributed by atoms with Gasteiger partial charge in [0, 0.05) is 24.7 Å². The van der Waals surface area contributed by atoms with Gasteiger partial charge in [-0.2, -0.15) is 0 Å². The molecule has 26 heavy (non-hydrogen) atoms. The third-order valence-electron chi connectivity index (χ3n) is 3.57. The third kappa shape index (κ3) is 5.35. The molecule has 1 unspecified atom stereocenters. The first-order chi connectivity index (χ1) is 12.3. The Bertz CT molecular complexity index is 768. The minimum Gasteiger partial charge on any atom is -0.366 e. The second-order valence-corrected chi connectivity index (χ2v) is 5.84. The van der Waals surface area contributed by atoms with Gasteiger partial charge < -0.3 is 22.1 Å². The average Bonchev–Trinajstić information content (AvgIpc) is 2.56. The largest absolute Gasteiger partial charge is 0.366 e. The van der Waals surface area contributed by atoms with Crippen LogP contribution < -0.4 is 22.1 Å². The normalized spacial score (nSPS) is 12.1. The van der Waals surface area contributed by atoms with E-state index >= 15 is 0 Å². The highest BCUT2D eigenvalue weighted by molar-refractivity contribution is 5.98. The molecule has 140 valence electrons. The standard InChI is InChI=1S/C17H20F3N5O/c1-9-2-4-11(5-3-9)24-16-12(15(22)26)7-13(18)17(25-16)23-8-10(21)6-14(19)20/h2-5,7,10,14H,6,8,21H2,1H3,(H2,22,26)(H2,23,24,25). The number of anilines is 3. The zero-order valence-corrected chi connectivity index (χ0v) is 14.1. The maximum Gasteiger partial charge on any atom is 0.252 e. The van der Waals surface area contributed by atoms with Crippen molar-refractivity contribution in [3.63, 3.8) is 0 Å². The molecule has 0 spiro atoms. The molecule has 1 aromatic carbocycles. The van der Waals surface area contributed by atoms with Crippen molar-refractivity contribution >= 4 is 23.2 Å². The van der Waals surface area contributed by atoms with E-state index in [0.717, 1.165) is 11.6 Å². The number of benzene rings is 1. The molecule has 0 radical (unpaired) electrons. The molecule has 6 N–H and O–H groups in total. The Balaban J connectivity index is 2.24. The molecular formula is C17H20F3N5O. The van der Waals surface area contributed by atoms with Gasteiger partial charge in [0.05, 0.1) is 5.56 Å². The fourth-order valence-electron chi connectivity index (χ4n) is 2.21.